The highest BCUT2D eigenvalue weighted by Crippen LogP contribution is 2.27. The number of nitrogens with one attached hydrogen (secondary N) is 1. The van der Waals surface area contributed by atoms with E-state index in [1.165, 1.54) is 17.0 Å². The first kappa shape index (κ1) is 27.2. The first-order chi connectivity index (χ1) is 17.0. The Kier molecular flexibility index (Phi) is 8.76. The Balaban J connectivity index is 1.83. The number of Topliss-reactive ketones (excluding diaryl/α,β-unsaturated/α-hetero) is 1. The average molecular weight is 504 g/mol. The van der Waals surface area contributed by atoms with Crippen molar-refractivity contribution in [2.45, 2.75) is 58.4 Å². The minimum Gasteiger partial charge on any atom is -0.344 e. The van der Waals surface area contributed by atoms with Gasteiger partial charge in [-0.05, 0) is 48.4 Å². The highest BCUT2D eigenvalue weighted by atomic mass is 19.3. The van der Waals surface area contributed by atoms with Crippen LogP contribution in [0, 0.1) is 5.82 Å². The summed E-state index contributed by atoms with van der Waals surface area (Å²) in [5, 5.41) is 1.82. The third-order valence-electron chi connectivity index (χ3n) is 6.23. The zero-order valence-corrected chi connectivity index (χ0v) is 20.8. The monoisotopic (exact) mass is 503 g/mol. The molecule has 1 heterocycles. The molecule has 0 aromatic heterocycles. The number of carbonyl (C=O) groups excluding carboxylic acids is 3. The molecule has 2 aromatic rings. The zero-order valence-electron chi connectivity index (χ0n) is 20.8. The Morgan fingerprint density at radius 3 is 2.19 bits per heavy atom. The van der Waals surface area contributed by atoms with Gasteiger partial charge < -0.3 is 10.2 Å². The molecule has 0 atom stereocenters. The molecule has 6 nitrogen and oxygen atoms in total. The molecule has 1 aliphatic heterocycles. The van der Waals surface area contributed by atoms with Crippen LogP contribution in [0.25, 0.3) is 0 Å². The molecule has 3 rings (SSSR count). The molecule has 36 heavy (non-hydrogen) atoms. The van der Waals surface area contributed by atoms with Crippen molar-refractivity contribution in [3.05, 3.63) is 65.0 Å². The molecule has 0 unspecified atom stereocenters. The van der Waals surface area contributed by atoms with Crippen LogP contribution in [0.4, 0.5) is 23.7 Å². The van der Waals surface area contributed by atoms with Gasteiger partial charge in [-0.2, -0.15) is 8.78 Å². The molecule has 0 saturated carbocycles. The highest BCUT2D eigenvalue weighted by Gasteiger charge is 2.26. The number of piperidine rings is 1. The molecule has 0 radical (unpaired) electrons. The van der Waals surface area contributed by atoms with Gasteiger partial charge in [-0.15, -0.1) is 0 Å². The summed E-state index contributed by atoms with van der Waals surface area (Å²) in [7, 11) is 0. The fourth-order valence-electron chi connectivity index (χ4n) is 4.03. The molecule has 1 saturated heterocycles. The largest absolute Gasteiger partial charge is 0.344 e. The third kappa shape index (κ3) is 6.86. The quantitative estimate of drug-likeness (QED) is 0.522. The molecule has 2 aromatic carbocycles. The first-order valence-electron chi connectivity index (χ1n) is 12.0. The van der Waals surface area contributed by atoms with Crippen molar-refractivity contribution in [1.29, 1.82) is 0 Å². The van der Waals surface area contributed by atoms with Crippen LogP contribution in [-0.4, -0.2) is 48.7 Å². The predicted molar refractivity (Wildman–Crippen MR) is 132 cm³/mol. The fraction of sp³-hybridized carbons (Fsp3) is 0.444. The third-order valence-corrected chi connectivity index (χ3v) is 6.23. The number of nitrogens with zero attached hydrogens (tertiary/aromatic N) is 2. The van der Waals surface area contributed by atoms with Crippen LogP contribution < -0.4 is 10.2 Å². The number of hydrogen-bond acceptors (Lipinski definition) is 3. The average Bonchev–Trinajstić information content (AvgIpc) is 2.86. The molecule has 1 aliphatic rings. The molecule has 1 fully saturated rings. The van der Waals surface area contributed by atoms with E-state index in [4.69, 9.17) is 0 Å². The second-order valence-electron chi connectivity index (χ2n) is 9.96. The van der Waals surface area contributed by atoms with Gasteiger partial charge in [-0.25, -0.2) is 9.18 Å². The van der Waals surface area contributed by atoms with Gasteiger partial charge in [-0.1, -0.05) is 45.0 Å². The summed E-state index contributed by atoms with van der Waals surface area (Å²) in [6.07, 6.45) is -0.352. The number of benzene rings is 2. The molecule has 0 bridgehead atoms. The number of carbonyl (C=O) groups is 3. The maximum atomic E-state index is 15.0. The van der Waals surface area contributed by atoms with Crippen molar-refractivity contribution in [1.82, 2.24) is 10.2 Å². The second-order valence-corrected chi connectivity index (χ2v) is 9.96. The van der Waals surface area contributed by atoms with Crippen LogP contribution in [0.2, 0.25) is 0 Å². The standard InChI is InChI=1S/C27H32F3N3O3/c1-27(2,3)20-9-11-21(12-10-20)33(26(36)32-13-5-4-6-14-32)17-19-8-7-18(15-22(19)28)23(34)16-31-25(35)24(29)30/h7-12,15,24H,4-6,13-14,16-17H2,1-3H3,(H,31,35). The number of rotatable bonds is 7. The second kappa shape index (κ2) is 11.6. The normalized spacial score (nSPS) is 14.0. The van der Waals surface area contributed by atoms with Crippen molar-refractivity contribution in [2.75, 3.05) is 24.5 Å². The lowest BCUT2D eigenvalue weighted by molar-refractivity contribution is -0.131. The van der Waals surface area contributed by atoms with E-state index in [9.17, 15) is 23.2 Å². The number of urea groups is 1. The summed E-state index contributed by atoms with van der Waals surface area (Å²) in [5.41, 5.74) is 1.81. The van der Waals surface area contributed by atoms with Crippen LogP contribution in [0.3, 0.4) is 0 Å². The number of hydrogen-bond donors (Lipinski definition) is 1. The van der Waals surface area contributed by atoms with Crippen LogP contribution in [0.1, 0.15) is 61.5 Å². The Morgan fingerprint density at radius 2 is 1.64 bits per heavy atom. The number of halogens is 3. The van der Waals surface area contributed by atoms with E-state index in [-0.39, 0.29) is 29.1 Å². The van der Waals surface area contributed by atoms with E-state index in [0.717, 1.165) is 30.9 Å². The van der Waals surface area contributed by atoms with Gasteiger partial charge in [0, 0.05) is 29.9 Å². The van der Waals surface area contributed by atoms with Crippen molar-refractivity contribution in [2.24, 2.45) is 0 Å². The molecule has 0 spiro atoms. The van der Waals surface area contributed by atoms with Crippen LogP contribution in [0.5, 0.6) is 0 Å². The summed E-state index contributed by atoms with van der Waals surface area (Å²) in [6.45, 7) is 6.83. The Labute approximate surface area is 209 Å². The fourth-order valence-corrected chi connectivity index (χ4v) is 4.03. The molecule has 3 amide bonds. The van der Waals surface area contributed by atoms with Gasteiger partial charge in [0.1, 0.15) is 5.82 Å². The van der Waals surface area contributed by atoms with Gasteiger partial charge in [0.15, 0.2) is 5.78 Å². The maximum Gasteiger partial charge on any atom is 0.324 e. The lowest BCUT2D eigenvalue weighted by Gasteiger charge is -2.33. The zero-order chi connectivity index (χ0) is 26.5. The molecule has 9 heteroatoms. The SMILES string of the molecule is CC(C)(C)c1ccc(N(Cc2ccc(C(=O)CNC(=O)C(F)F)cc2F)C(=O)N2CCCCC2)cc1. The van der Waals surface area contributed by atoms with Crippen LogP contribution in [-0.2, 0) is 16.8 Å². The van der Waals surface area contributed by atoms with Gasteiger partial charge >= 0.3 is 12.5 Å². The van der Waals surface area contributed by atoms with Gasteiger partial charge in [-0.3, -0.25) is 14.5 Å². The summed E-state index contributed by atoms with van der Waals surface area (Å²) in [5.74, 6) is -2.97. The summed E-state index contributed by atoms with van der Waals surface area (Å²) in [6, 6.07) is 11.2. The number of amides is 3. The highest BCUT2D eigenvalue weighted by molar-refractivity contribution is 5.99. The molecule has 0 aliphatic carbocycles. The maximum absolute atomic E-state index is 15.0. The van der Waals surface area contributed by atoms with Gasteiger partial charge in [0.25, 0.3) is 5.91 Å². The molecular formula is C27H32F3N3O3. The number of ketones is 1. The summed E-state index contributed by atoms with van der Waals surface area (Å²) in [4.78, 5) is 40.0. The topological polar surface area (TPSA) is 69.7 Å². The smallest absolute Gasteiger partial charge is 0.324 e. The molecular weight excluding hydrogens is 471 g/mol. The summed E-state index contributed by atoms with van der Waals surface area (Å²) >= 11 is 0. The Hall–Kier alpha value is -3.36. The van der Waals surface area contributed by atoms with E-state index in [0.29, 0.717) is 18.8 Å². The van der Waals surface area contributed by atoms with Gasteiger partial charge in [0.05, 0.1) is 13.1 Å². The Morgan fingerprint density at radius 1 is 1.00 bits per heavy atom. The van der Waals surface area contributed by atoms with Crippen molar-refractivity contribution in [3.8, 4) is 0 Å². The van der Waals surface area contributed by atoms with Crippen molar-refractivity contribution < 1.29 is 27.6 Å². The van der Waals surface area contributed by atoms with Crippen LogP contribution >= 0.6 is 0 Å². The van der Waals surface area contributed by atoms with E-state index in [1.54, 1.807) is 4.90 Å². The van der Waals surface area contributed by atoms with Crippen molar-refractivity contribution in [3.63, 3.8) is 0 Å². The van der Waals surface area contributed by atoms with E-state index in [1.807, 2.05) is 29.6 Å². The molecule has 1 N–H and O–H groups in total. The Bertz CT molecular complexity index is 1090. The summed E-state index contributed by atoms with van der Waals surface area (Å²) < 4.78 is 39.7. The number of likely N-dealkylation sites (tertiary alicyclic amines) is 1. The first-order valence-corrected chi connectivity index (χ1v) is 12.0. The van der Waals surface area contributed by atoms with Crippen LogP contribution in [0.15, 0.2) is 42.5 Å². The lowest BCUT2D eigenvalue weighted by Crippen LogP contribution is -2.45. The van der Waals surface area contributed by atoms with E-state index >= 15 is 4.39 Å². The predicted octanol–water partition coefficient (Wildman–Crippen LogP) is 5.30. The number of anilines is 1. The lowest BCUT2D eigenvalue weighted by atomic mass is 9.87. The molecule has 194 valence electrons. The minimum absolute atomic E-state index is 0.0490. The number of alkyl halides is 2. The minimum atomic E-state index is -3.24. The van der Waals surface area contributed by atoms with Gasteiger partial charge in [0.2, 0.25) is 0 Å². The van der Waals surface area contributed by atoms with Crippen molar-refractivity contribution >= 4 is 23.4 Å². The van der Waals surface area contributed by atoms with E-state index in [2.05, 4.69) is 20.8 Å². The van der Waals surface area contributed by atoms with E-state index < -0.39 is 30.5 Å².